The van der Waals surface area contributed by atoms with E-state index in [1.165, 1.54) is 17.8 Å². The summed E-state index contributed by atoms with van der Waals surface area (Å²) in [7, 11) is 0. The van der Waals surface area contributed by atoms with Gasteiger partial charge in [-0.05, 0) is 36.8 Å². The van der Waals surface area contributed by atoms with Gasteiger partial charge >= 0.3 is 0 Å². The van der Waals surface area contributed by atoms with Gasteiger partial charge in [-0.1, -0.05) is 35.9 Å². The van der Waals surface area contributed by atoms with Gasteiger partial charge in [-0.2, -0.15) is 0 Å². The summed E-state index contributed by atoms with van der Waals surface area (Å²) in [6, 6.07) is 14.0. The van der Waals surface area contributed by atoms with E-state index in [1.807, 2.05) is 42.5 Å². The number of thioether (sulfide) groups is 1. The lowest BCUT2D eigenvalue weighted by Gasteiger charge is -2.17. The number of carbonyl (C=O) groups is 2. The number of rotatable bonds is 8. The van der Waals surface area contributed by atoms with E-state index in [4.69, 9.17) is 11.1 Å². The molecule has 2 aromatic carbocycles. The molecule has 2 amide bonds. The van der Waals surface area contributed by atoms with E-state index in [-0.39, 0.29) is 11.6 Å². The number of allylic oxidation sites excluding steroid dienone is 1. The summed E-state index contributed by atoms with van der Waals surface area (Å²) in [4.78, 5) is 23.2. The van der Waals surface area contributed by atoms with Gasteiger partial charge in [-0.15, -0.1) is 11.8 Å². The quantitative estimate of drug-likeness (QED) is 0.325. The Labute approximate surface area is 156 Å². The molecule has 136 valence electrons. The Morgan fingerprint density at radius 2 is 1.88 bits per heavy atom. The van der Waals surface area contributed by atoms with E-state index < -0.39 is 11.3 Å². The van der Waals surface area contributed by atoms with Gasteiger partial charge in [-0.25, -0.2) is 0 Å². The summed E-state index contributed by atoms with van der Waals surface area (Å²) in [5.41, 5.74) is 6.59. The fraction of sp³-hybridized carbons (Fsp3) is 0.211. The molecule has 0 aliphatic heterocycles. The van der Waals surface area contributed by atoms with Crippen LogP contribution in [0.5, 0.6) is 0 Å². The van der Waals surface area contributed by atoms with Gasteiger partial charge < -0.3 is 16.4 Å². The van der Waals surface area contributed by atoms with Crippen molar-refractivity contribution in [2.75, 3.05) is 11.2 Å². The first-order chi connectivity index (χ1) is 12.4. The molecule has 0 spiro atoms. The van der Waals surface area contributed by atoms with Gasteiger partial charge in [0.1, 0.15) is 11.1 Å². The summed E-state index contributed by atoms with van der Waals surface area (Å²) in [5.74, 6) is -0.821. The highest BCUT2D eigenvalue weighted by atomic mass is 32.2. The summed E-state index contributed by atoms with van der Waals surface area (Å²) >= 11 is 1.22. The molecule has 6 nitrogen and oxygen atoms in total. The topological polar surface area (TPSA) is 108 Å². The first-order valence-corrected chi connectivity index (χ1v) is 9.09. The fourth-order valence-corrected chi connectivity index (χ4v) is 3.17. The average Bonchev–Trinajstić information content (AvgIpc) is 2.59. The second kappa shape index (κ2) is 9.05. The largest absolute Gasteiger partial charge is 0.376 e. The Morgan fingerprint density at radius 3 is 2.54 bits per heavy atom. The zero-order chi connectivity index (χ0) is 19.1. The molecular weight excluding hydrogens is 348 g/mol. The molecule has 0 aromatic heterocycles. The SMILES string of the molecule is CC(C)=CC(=O)NC(SCNc1ccc2ccccc2c1)C(=N)C(N)=O. The van der Waals surface area contributed by atoms with Gasteiger partial charge in [0.25, 0.3) is 5.91 Å². The van der Waals surface area contributed by atoms with Crippen LogP contribution < -0.4 is 16.4 Å². The standard InChI is InChI=1S/C19H22N4O2S/c1-12(2)9-16(24)23-19(17(20)18(21)25)26-11-22-15-8-7-13-5-3-4-6-14(13)10-15/h3-10,19-20,22H,11H2,1-2H3,(H2,21,25)(H,23,24). The number of hydrogen-bond acceptors (Lipinski definition) is 5. The molecule has 1 unspecified atom stereocenters. The smallest absolute Gasteiger partial charge is 0.265 e. The van der Waals surface area contributed by atoms with Crippen LogP contribution in [0.4, 0.5) is 5.69 Å². The zero-order valence-corrected chi connectivity index (χ0v) is 15.5. The molecule has 0 saturated heterocycles. The summed E-state index contributed by atoms with van der Waals surface area (Å²) in [6.07, 6.45) is 1.42. The van der Waals surface area contributed by atoms with Crippen molar-refractivity contribution >= 4 is 45.7 Å². The van der Waals surface area contributed by atoms with Crippen LogP contribution in [0.1, 0.15) is 13.8 Å². The Bertz CT molecular complexity index is 859. The van der Waals surface area contributed by atoms with E-state index in [0.717, 1.165) is 22.0 Å². The second-order valence-corrected chi connectivity index (χ2v) is 7.03. The van der Waals surface area contributed by atoms with Gasteiger partial charge in [0, 0.05) is 11.8 Å². The third-order valence-electron chi connectivity index (χ3n) is 3.50. The van der Waals surface area contributed by atoms with Crippen molar-refractivity contribution in [1.82, 2.24) is 5.32 Å². The van der Waals surface area contributed by atoms with Crippen molar-refractivity contribution in [3.05, 3.63) is 54.1 Å². The van der Waals surface area contributed by atoms with Crippen LogP contribution in [0.2, 0.25) is 0 Å². The van der Waals surface area contributed by atoms with Crippen LogP contribution >= 0.6 is 11.8 Å². The van der Waals surface area contributed by atoms with Crippen LogP contribution in [0.25, 0.3) is 10.8 Å². The van der Waals surface area contributed by atoms with E-state index in [1.54, 1.807) is 13.8 Å². The minimum Gasteiger partial charge on any atom is -0.376 e. The lowest BCUT2D eigenvalue weighted by atomic mass is 10.1. The molecule has 0 aliphatic carbocycles. The number of nitrogens with one attached hydrogen (secondary N) is 3. The molecule has 0 radical (unpaired) electrons. The Morgan fingerprint density at radius 1 is 1.19 bits per heavy atom. The van der Waals surface area contributed by atoms with Crippen LogP contribution in [0, 0.1) is 5.41 Å². The van der Waals surface area contributed by atoms with E-state index in [9.17, 15) is 9.59 Å². The first kappa shape index (κ1) is 19.5. The molecule has 0 saturated carbocycles. The lowest BCUT2D eigenvalue weighted by molar-refractivity contribution is -0.116. The number of fused-ring (bicyclic) bond motifs is 1. The Kier molecular flexibility index (Phi) is 6.80. The maximum absolute atomic E-state index is 11.9. The van der Waals surface area contributed by atoms with Crippen molar-refractivity contribution in [1.29, 1.82) is 5.41 Å². The highest BCUT2D eigenvalue weighted by Gasteiger charge is 2.21. The van der Waals surface area contributed by atoms with E-state index >= 15 is 0 Å². The normalized spacial score (nSPS) is 11.5. The number of carbonyl (C=O) groups excluding carboxylic acids is 2. The molecule has 2 aromatic rings. The molecule has 1 atom stereocenters. The third kappa shape index (κ3) is 5.63. The molecule has 26 heavy (non-hydrogen) atoms. The Hall–Kier alpha value is -2.80. The minimum atomic E-state index is -0.856. The predicted molar refractivity (Wildman–Crippen MR) is 108 cm³/mol. The first-order valence-electron chi connectivity index (χ1n) is 8.04. The molecular formula is C19H22N4O2S. The predicted octanol–water partition coefficient (Wildman–Crippen LogP) is 2.86. The van der Waals surface area contributed by atoms with E-state index in [0.29, 0.717) is 5.88 Å². The Balaban J connectivity index is 2.00. The van der Waals surface area contributed by atoms with E-state index in [2.05, 4.69) is 10.6 Å². The van der Waals surface area contributed by atoms with Crippen LogP contribution in [-0.2, 0) is 9.59 Å². The van der Waals surface area contributed by atoms with Crippen LogP contribution in [-0.4, -0.2) is 28.8 Å². The summed E-state index contributed by atoms with van der Waals surface area (Å²) in [6.45, 7) is 3.59. The van der Waals surface area contributed by atoms with Gasteiger partial charge in [0.15, 0.2) is 0 Å². The van der Waals surface area contributed by atoms with Gasteiger partial charge in [0.2, 0.25) is 5.91 Å². The minimum absolute atomic E-state index is 0.342. The van der Waals surface area contributed by atoms with Gasteiger partial charge in [0.05, 0.1) is 5.88 Å². The van der Waals surface area contributed by atoms with Crippen LogP contribution in [0.15, 0.2) is 54.1 Å². The average molecular weight is 370 g/mol. The monoisotopic (exact) mass is 370 g/mol. The van der Waals surface area contributed by atoms with Crippen molar-refractivity contribution in [2.45, 2.75) is 19.2 Å². The molecule has 0 bridgehead atoms. The number of hydrogen-bond donors (Lipinski definition) is 4. The molecule has 5 N–H and O–H groups in total. The van der Waals surface area contributed by atoms with Crippen LogP contribution in [0.3, 0.4) is 0 Å². The van der Waals surface area contributed by atoms with Crippen molar-refractivity contribution < 1.29 is 9.59 Å². The third-order valence-corrected chi connectivity index (χ3v) is 4.49. The maximum Gasteiger partial charge on any atom is 0.265 e. The van der Waals surface area contributed by atoms with Crippen molar-refractivity contribution in [3.63, 3.8) is 0 Å². The fourth-order valence-electron chi connectivity index (χ4n) is 2.27. The summed E-state index contributed by atoms with van der Waals surface area (Å²) < 4.78 is 0. The number of primary amides is 1. The number of amides is 2. The van der Waals surface area contributed by atoms with Crippen molar-refractivity contribution in [3.8, 4) is 0 Å². The molecule has 2 rings (SSSR count). The second-order valence-electron chi connectivity index (χ2n) is 5.94. The number of anilines is 1. The molecule has 7 heteroatoms. The lowest BCUT2D eigenvalue weighted by Crippen LogP contribution is -2.43. The molecule has 0 fully saturated rings. The molecule has 0 heterocycles. The maximum atomic E-state index is 11.9. The highest BCUT2D eigenvalue weighted by Crippen LogP contribution is 2.20. The number of nitrogens with two attached hydrogens (primary N) is 1. The zero-order valence-electron chi connectivity index (χ0n) is 14.7. The van der Waals surface area contributed by atoms with Gasteiger partial charge in [-0.3, -0.25) is 15.0 Å². The molecule has 0 aliphatic rings. The summed E-state index contributed by atoms with van der Waals surface area (Å²) in [5, 5.41) is 15.1. The number of benzene rings is 2. The highest BCUT2D eigenvalue weighted by molar-refractivity contribution is 8.00. The van der Waals surface area contributed by atoms with Crippen molar-refractivity contribution in [2.24, 2.45) is 5.73 Å².